The van der Waals surface area contributed by atoms with E-state index < -0.39 is 43.5 Å². The van der Waals surface area contributed by atoms with Crippen molar-refractivity contribution in [2.24, 2.45) is 0 Å². The minimum atomic E-state index is -3.32. The molecular weight excluding hydrogens is 563 g/mol. The van der Waals surface area contributed by atoms with Gasteiger partial charge in [-0.05, 0) is 70.4 Å². The highest BCUT2D eigenvalue weighted by molar-refractivity contribution is 5.85. The fourth-order valence-corrected chi connectivity index (χ4v) is 5.57. The fourth-order valence-electron chi connectivity index (χ4n) is 5.57. The van der Waals surface area contributed by atoms with Gasteiger partial charge in [-0.1, -0.05) is 18.2 Å². The minimum absolute atomic E-state index is 0.0995. The van der Waals surface area contributed by atoms with Crippen LogP contribution in [0.4, 0.5) is 18.0 Å². The summed E-state index contributed by atoms with van der Waals surface area (Å²) in [6, 6.07) is 12.1. The quantitative estimate of drug-likeness (QED) is 0.259. The van der Waals surface area contributed by atoms with Crippen LogP contribution >= 0.6 is 0 Å². The second-order valence-electron chi connectivity index (χ2n) is 12.0. The maximum absolute atomic E-state index is 14.7. The van der Waals surface area contributed by atoms with Gasteiger partial charge in [0.25, 0.3) is 5.92 Å². The minimum Gasteiger partial charge on any atom is -0.496 e. The van der Waals surface area contributed by atoms with Crippen LogP contribution in [-0.2, 0) is 11.2 Å². The second-order valence-corrected chi connectivity index (χ2v) is 12.0. The Morgan fingerprint density at radius 2 is 1.91 bits per heavy atom. The number of amides is 1. The number of hydrogen-bond donors (Lipinski definition) is 2. The van der Waals surface area contributed by atoms with Crippen LogP contribution in [0.2, 0.25) is 0 Å². The molecule has 1 aliphatic rings. The van der Waals surface area contributed by atoms with Crippen molar-refractivity contribution in [2.45, 2.75) is 64.1 Å². The summed E-state index contributed by atoms with van der Waals surface area (Å²) < 4.78 is 59.6. The number of nitrogens with zero attached hydrogens (tertiary/aromatic N) is 2. The van der Waals surface area contributed by atoms with Gasteiger partial charge in [-0.2, -0.15) is 0 Å². The summed E-state index contributed by atoms with van der Waals surface area (Å²) in [5.74, 6) is -2.37. The van der Waals surface area contributed by atoms with Gasteiger partial charge in [-0.25, -0.2) is 13.6 Å². The molecule has 2 atom stereocenters. The van der Waals surface area contributed by atoms with E-state index in [0.29, 0.717) is 23.5 Å². The van der Waals surface area contributed by atoms with Crippen LogP contribution in [0.25, 0.3) is 10.9 Å². The summed E-state index contributed by atoms with van der Waals surface area (Å²) in [4.78, 5) is 19.2. The number of para-hydroxylation sites is 1. The van der Waals surface area contributed by atoms with E-state index in [0.717, 1.165) is 22.2 Å². The third kappa shape index (κ3) is 7.75. The summed E-state index contributed by atoms with van der Waals surface area (Å²) in [5.41, 5.74) is 2.65. The summed E-state index contributed by atoms with van der Waals surface area (Å²) >= 11 is 0. The monoisotopic (exact) mass is 605 g/mol. The second kappa shape index (κ2) is 13.5. The molecule has 0 saturated carbocycles. The van der Waals surface area contributed by atoms with Crippen LogP contribution in [-0.4, -0.2) is 90.2 Å². The Morgan fingerprint density at radius 3 is 2.58 bits per heavy atom. The normalized spacial score (nSPS) is 17.5. The molecule has 2 aromatic carbocycles. The molecule has 0 saturated heterocycles. The number of aromatic nitrogens is 1. The molecule has 4 rings (SSSR count). The molecule has 0 aliphatic carbocycles. The third-order valence-electron chi connectivity index (χ3n) is 7.50. The molecule has 1 aliphatic heterocycles. The van der Waals surface area contributed by atoms with E-state index in [2.05, 4.69) is 4.98 Å². The van der Waals surface area contributed by atoms with Crippen molar-refractivity contribution in [1.82, 2.24) is 14.8 Å². The Labute approximate surface area is 250 Å². The summed E-state index contributed by atoms with van der Waals surface area (Å²) in [5, 5.41) is 10.5. The van der Waals surface area contributed by atoms with Gasteiger partial charge in [0.05, 0.1) is 32.9 Å². The Balaban J connectivity index is 1.67. The number of aliphatic hydroxyl groups is 1. The van der Waals surface area contributed by atoms with Crippen LogP contribution in [0, 0.1) is 0 Å². The van der Waals surface area contributed by atoms with E-state index in [4.69, 9.17) is 14.2 Å². The number of aromatic amines is 1. The highest BCUT2D eigenvalue weighted by Gasteiger charge is 2.42. The van der Waals surface area contributed by atoms with Crippen molar-refractivity contribution in [3.05, 3.63) is 59.3 Å². The maximum Gasteiger partial charge on any atom is 0.410 e. The molecule has 1 aromatic heterocycles. The number of methoxy groups -OCH3 is 1. The zero-order chi connectivity index (χ0) is 31.4. The number of hydrogen-bond acceptors (Lipinski definition) is 6. The van der Waals surface area contributed by atoms with Gasteiger partial charge in [0.15, 0.2) is 0 Å². The molecule has 11 heteroatoms. The molecule has 3 aromatic rings. The van der Waals surface area contributed by atoms with Gasteiger partial charge in [0, 0.05) is 34.7 Å². The number of rotatable bonds is 12. The number of carbonyl (C=O) groups excluding carboxylic acids is 1. The van der Waals surface area contributed by atoms with Crippen molar-refractivity contribution in [3.63, 3.8) is 0 Å². The van der Waals surface area contributed by atoms with Crippen molar-refractivity contribution in [1.29, 1.82) is 0 Å². The van der Waals surface area contributed by atoms with Crippen molar-refractivity contribution in [2.75, 3.05) is 46.6 Å². The lowest BCUT2D eigenvalue weighted by Gasteiger charge is -2.42. The molecule has 0 radical (unpaired) electrons. The first-order valence-electron chi connectivity index (χ1n) is 14.6. The number of fused-ring (bicyclic) bond motifs is 3. The molecule has 43 heavy (non-hydrogen) atoms. The van der Waals surface area contributed by atoms with Crippen LogP contribution in [0.15, 0.2) is 42.5 Å². The molecule has 236 valence electrons. The lowest BCUT2D eigenvalue weighted by Crippen LogP contribution is -2.49. The number of aliphatic hydroxyl groups excluding tert-OH is 1. The van der Waals surface area contributed by atoms with Crippen molar-refractivity contribution < 1.29 is 37.3 Å². The number of nitrogens with one attached hydrogen (secondary N) is 1. The van der Waals surface area contributed by atoms with Gasteiger partial charge < -0.3 is 29.2 Å². The van der Waals surface area contributed by atoms with Crippen LogP contribution in [0.3, 0.4) is 0 Å². The third-order valence-corrected chi connectivity index (χ3v) is 7.50. The van der Waals surface area contributed by atoms with Crippen LogP contribution in [0.1, 0.15) is 57.0 Å². The molecule has 2 N–H and O–H groups in total. The van der Waals surface area contributed by atoms with E-state index in [1.165, 1.54) is 12.0 Å². The predicted molar refractivity (Wildman–Crippen MR) is 159 cm³/mol. The predicted octanol–water partition coefficient (Wildman–Crippen LogP) is 6.12. The van der Waals surface area contributed by atoms with E-state index in [1.807, 2.05) is 31.2 Å². The molecule has 2 heterocycles. The molecular formula is C32H42F3N3O5. The summed E-state index contributed by atoms with van der Waals surface area (Å²) in [6.07, 6.45) is 0.172. The number of halogens is 3. The average Bonchev–Trinajstić information content (AvgIpc) is 3.32. The van der Waals surface area contributed by atoms with Crippen molar-refractivity contribution in [3.8, 4) is 11.5 Å². The van der Waals surface area contributed by atoms with E-state index in [1.54, 1.807) is 43.9 Å². The fraction of sp³-hybridized carbons (Fsp3) is 0.531. The topological polar surface area (TPSA) is 87.3 Å². The highest BCUT2D eigenvalue weighted by atomic mass is 19.3. The standard InChI is InChI=1S/C32H42F3N3O5/c1-21-17-24-23-9-6-7-10-26(23)36-28(24)29(38(21)19-32(34,35)20-39)25-18-22(11-12-27(25)41-5)42-16-15-37(14-8-13-33)30(40)43-31(2,3)4/h6-7,9-12,18,21,29,36,39H,8,13-17,19-20H2,1-5H3/t21-,29-/m1/s1. The Bertz CT molecular complexity index is 1390. The van der Waals surface area contributed by atoms with Gasteiger partial charge >= 0.3 is 6.09 Å². The first-order chi connectivity index (χ1) is 20.4. The Hall–Kier alpha value is -3.44. The van der Waals surface area contributed by atoms with Crippen LogP contribution < -0.4 is 9.47 Å². The first kappa shape index (κ1) is 32.5. The van der Waals surface area contributed by atoms with Gasteiger partial charge in [0.2, 0.25) is 0 Å². The molecule has 0 spiro atoms. The molecule has 1 amide bonds. The number of ether oxygens (including phenoxy) is 3. The van der Waals surface area contributed by atoms with E-state index >= 15 is 0 Å². The van der Waals surface area contributed by atoms with Gasteiger partial charge in [0.1, 0.15) is 30.3 Å². The number of H-pyrrole nitrogens is 1. The molecule has 0 unspecified atom stereocenters. The number of alkyl halides is 3. The number of carbonyl (C=O) groups is 1. The van der Waals surface area contributed by atoms with Gasteiger partial charge in [-0.3, -0.25) is 9.29 Å². The first-order valence-corrected chi connectivity index (χ1v) is 14.6. The van der Waals surface area contributed by atoms with Gasteiger partial charge in [-0.15, -0.1) is 0 Å². The summed E-state index contributed by atoms with van der Waals surface area (Å²) in [6.45, 7) is 5.15. The SMILES string of the molecule is COc1ccc(OCCN(CCCF)C(=O)OC(C)(C)C)cc1[C@@H]1c2[nH]c3ccccc3c2C[C@@H](C)N1CC(F)(F)CO. The number of benzene rings is 2. The maximum atomic E-state index is 14.7. The smallest absolute Gasteiger partial charge is 0.410 e. The van der Waals surface area contributed by atoms with Crippen LogP contribution in [0.5, 0.6) is 11.5 Å². The van der Waals surface area contributed by atoms with E-state index in [-0.39, 0.29) is 32.2 Å². The molecule has 0 bridgehead atoms. The zero-order valence-corrected chi connectivity index (χ0v) is 25.5. The Morgan fingerprint density at radius 1 is 1.16 bits per heavy atom. The largest absolute Gasteiger partial charge is 0.496 e. The zero-order valence-electron chi connectivity index (χ0n) is 25.5. The lowest BCUT2D eigenvalue weighted by molar-refractivity contribution is -0.0866. The van der Waals surface area contributed by atoms with E-state index in [9.17, 15) is 23.1 Å². The average molecular weight is 606 g/mol. The van der Waals surface area contributed by atoms with Crippen molar-refractivity contribution >= 4 is 17.0 Å². The molecule has 8 nitrogen and oxygen atoms in total. The summed E-state index contributed by atoms with van der Waals surface area (Å²) in [7, 11) is 1.52. The highest BCUT2D eigenvalue weighted by Crippen LogP contribution is 2.45. The molecule has 0 fully saturated rings. The Kier molecular flexibility index (Phi) is 10.2. The lowest BCUT2D eigenvalue weighted by atomic mass is 9.87.